The first kappa shape index (κ1) is 11.2. The van der Waals surface area contributed by atoms with Gasteiger partial charge in [-0.25, -0.2) is 0 Å². The van der Waals surface area contributed by atoms with Gasteiger partial charge in [0.15, 0.2) is 0 Å². The Morgan fingerprint density at radius 1 is 1.50 bits per heavy atom. The van der Waals surface area contributed by atoms with E-state index in [1.807, 2.05) is 18.2 Å². The molecule has 88 valence electrons. The van der Waals surface area contributed by atoms with Crippen LogP contribution in [0.3, 0.4) is 0 Å². The zero-order valence-corrected chi connectivity index (χ0v) is 9.77. The lowest BCUT2D eigenvalue weighted by molar-refractivity contribution is 0.0232. The molecule has 1 saturated heterocycles. The van der Waals surface area contributed by atoms with Gasteiger partial charge in [0.05, 0.1) is 13.2 Å². The van der Waals surface area contributed by atoms with E-state index >= 15 is 0 Å². The number of anilines is 1. The van der Waals surface area contributed by atoms with Crippen LogP contribution in [0, 0.1) is 0 Å². The fourth-order valence-corrected chi connectivity index (χ4v) is 1.95. The van der Waals surface area contributed by atoms with E-state index in [-0.39, 0.29) is 0 Å². The van der Waals surface area contributed by atoms with E-state index in [4.69, 9.17) is 9.47 Å². The largest absolute Gasteiger partial charge is 0.481 e. The molecule has 0 aliphatic carbocycles. The van der Waals surface area contributed by atoms with Crippen LogP contribution in [0.25, 0.3) is 0 Å². The van der Waals surface area contributed by atoms with Crippen molar-refractivity contribution < 1.29 is 9.47 Å². The van der Waals surface area contributed by atoms with Crippen molar-refractivity contribution in [2.24, 2.45) is 0 Å². The molecule has 1 aliphatic heterocycles. The quantitative estimate of drug-likeness (QED) is 0.850. The third-order valence-corrected chi connectivity index (χ3v) is 2.77. The Hall–Kier alpha value is -1.29. The van der Waals surface area contributed by atoms with Gasteiger partial charge in [-0.15, -0.1) is 0 Å². The number of rotatable bonds is 3. The van der Waals surface area contributed by atoms with Gasteiger partial charge in [0, 0.05) is 18.7 Å². The van der Waals surface area contributed by atoms with Crippen LogP contribution in [-0.2, 0) is 4.74 Å². The average molecular weight is 222 g/mol. The number of pyridine rings is 1. The third kappa shape index (κ3) is 2.85. The fourth-order valence-electron chi connectivity index (χ4n) is 1.95. The van der Waals surface area contributed by atoms with Crippen LogP contribution >= 0.6 is 0 Å². The van der Waals surface area contributed by atoms with Gasteiger partial charge in [-0.3, -0.25) is 0 Å². The van der Waals surface area contributed by atoms with Crippen LogP contribution in [0.5, 0.6) is 5.88 Å². The highest BCUT2D eigenvalue weighted by atomic mass is 16.5. The molecular weight excluding hydrogens is 204 g/mol. The molecule has 0 aromatic carbocycles. The first-order valence-electron chi connectivity index (χ1n) is 5.67. The second-order valence-corrected chi connectivity index (χ2v) is 4.11. The SMILES string of the molecule is COc1cccc(NC2CCOC(C)C2)n1. The molecule has 1 N–H and O–H groups in total. The molecule has 4 heteroatoms. The maximum absolute atomic E-state index is 5.51. The van der Waals surface area contributed by atoms with E-state index in [1.54, 1.807) is 7.11 Å². The van der Waals surface area contributed by atoms with E-state index in [2.05, 4.69) is 17.2 Å². The minimum absolute atomic E-state index is 0.330. The number of nitrogens with one attached hydrogen (secondary N) is 1. The highest BCUT2D eigenvalue weighted by molar-refractivity contribution is 5.38. The number of ether oxygens (including phenoxy) is 2. The van der Waals surface area contributed by atoms with Gasteiger partial charge in [-0.05, 0) is 25.8 Å². The summed E-state index contributed by atoms with van der Waals surface area (Å²) >= 11 is 0. The summed E-state index contributed by atoms with van der Waals surface area (Å²) in [4.78, 5) is 4.34. The zero-order valence-electron chi connectivity index (χ0n) is 9.77. The molecule has 1 fully saturated rings. The van der Waals surface area contributed by atoms with E-state index in [0.717, 1.165) is 25.3 Å². The van der Waals surface area contributed by atoms with Crippen molar-refractivity contribution in [3.8, 4) is 5.88 Å². The second kappa shape index (κ2) is 5.16. The predicted octanol–water partition coefficient (Wildman–Crippen LogP) is 2.07. The molecule has 4 nitrogen and oxygen atoms in total. The topological polar surface area (TPSA) is 43.4 Å². The lowest BCUT2D eigenvalue weighted by Gasteiger charge is -2.28. The van der Waals surface area contributed by atoms with Crippen molar-refractivity contribution in [2.45, 2.75) is 31.9 Å². The molecule has 0 bridgehead atoms. The summed E-state index contributed by atoms with van der Waals surface area (Å²) in [6, 6.07) is 6.19. The van der Waals surface area contributed by atoms with Crippen molar-refractivity contribution in [3.05, 3.63) is 18.2 Å². The van der Waals surface area contributed by atoms with Crippen LogP contribution in [-0.4, -0.2) is 30.8 Å². The molecule has 2 heterocycles. The van der Waals surface area contributed by atoms with Gasteiger partial charge in [0.1, 0.15) is 5.82 Å². The van der Waals surface area contributed by atoms with Gasteiger partial charge in [0.2, 0.25) is 5.88 Å². The van der Waals surface area contributed by atoms with Gasteiger partial charge in [-0.2, -0.15) is 4.98 Å². The molecule has 0 radical (unpaired) electrons. The summed E-state index contributed by atoms with van der Waals surface area (Å²) in [7, 11) is 1.63. The number of methoxy groups -OCH3 is 1. The predicted molar refractivity (Wildman–Crippen MR) is 62.8 cm³/mol. The smallest absolute Gasteiger partial charge is 0.214 e. The number of hydrogen-bond donors (Lipinski definition) is 1. The molecule has 16 heavy (non-hydrogen) atoms. The minimum Gasteiger partial charge on any atom is -0.481 e. The van der Waals surface area contributed by atoms with Gasteiger partial charge >= 0.3 is 0 Å². The highest BCUT2D eigenvalue weighted by Crippen LogP contribution is 2.18. The number of hydrogen-bond acceptors (Lipinski definition) is 4. The first-order valence-corrected chi connectivity index (χ1v) is 5.67. The standard InChI is InChI=1S/C12H18N2O2/c1-9-8-10(6-7-16-9)13-11-4-3-5-12(14-11)15-2/h3-5,9-10H,6-8H2,1-2H3,(H,13,14). The fraction of sp³-hybridized carbons (Fsp3) is 0.583. The van der Waals surface area contributed by atoms with Crippen LogP contribution in [0.15, 0.2) is 18.2 Å². The second-order valence-electron chi connectivity index (χ2n) is 4.11. The van der Waals surface area contributed by atoms with Crippen molar-refractivity contribution >= 4 is 5.82 Å². The first-order chi connectivity index (χ1) is 7.78. The van der Waals surface area contributed by atoms with E-state index in [0.29, 0.717) is 18.0 Å². The number of aromatic nitrogens is 1. The number of nitrogens with zero attached hydrogens (tertiary/aromatic N) is 1. The van der Waals surface area contributed by atoms with Crippen molar-refractivity contribution in [1.29, 1.82) is 0 Å². The van der Waals surface area contributed by atoms with Gasteiger partial charge in [0.25, 0.3) is 0 Å². The molecule has 1 aromatic heterocycles. The lowest BCUT2D eigenvalue weighted by atomic mass is 10.0. The minimum atomic E-state index is 0.330. The van der Waals surface area contributed by atoms with Crippen molar-refractivity contribution in [3.63, 3.8) is 0 Å². The molecule has 1 aliphatic rings. The van der Waals surface area contributed by atoms with Crippen LogP contribution in [0.2, 0.25) is 0 Å². The summed E-state index contributed by atoms with van der Waals surface area (Å²) < 4.78 is 10.6. The Bertz CT molecular complexity index is 344. The highest BCUT2D eigenvalue weighted by Gasteiger charge is 2.19. The molecule has 2 unspecified atom stereocenters. The Morgan fingerprint density at radius 3 is 3.12 bits per heavy atom. The molecule has 1 aromatic rings. The van der Waals surface area contributed by atoms with Crippen molar-refractivity contribution in [1.82, 2.24) is 4.98 Å². The third-order valence-electron chi connectivity index (χ3n) is 2.77. The maximum Gasteiger partial charge on any atom is 0.214 e. The van der Waals surface area contributed by atoms with Crippen LogP contribution in [0.1, 0.15) is 19.8 Å². The normalized spacial score (nSPS) is 25.1. The van der Waals surface area contributed by atoms with E-state index < -0.39 is 0 Å². The van der Waals surface area contributed by atoms with Gasteiger partial charge < -0.3 is 14.8 Å². The molecule has 2 rings (SSSR count). The summed E-state index contributed by atoms with van der Waals surface area (Å²) in [5.41, 5.74) is 0. The summed E-state index contributed by atoms with van der Waals surface area (Å²) in [5, 5.41) is 3.41. The van der Waals surface area contributed by atoms with Crippen LogP contribution in [0.4, 0.5) is 5.82 Å². The Kier molecular flexibility index (Phi) is 3.62. The van der Waals surface area contributed by atoms with E-state index in [9.17, 15) is 0 Å². The maximum atomic E-state index is 5.51. The summed E-state index contributed by atoms with van der Waals surface area (Å²) in [5.74, 6) is 1.52. The average Bonchev–Trinajstić information content (AvgIpc) is 2.29. The Labute approximate surface area is 96.0 Å². The van der Waals surface area contributed by atoms with E-state index in [1.165, 1.54) is 0 Å². The monoisotopic (exact) mass is 222 g/mol. The molecule has 2 atom stereocenters. The summed E-state index contributed by atoms with van der Waals surface area (Å²) in [6.45, 7) is 2.93. The molecular formula is C12H18N2O2. The molecule has 0 amide bonds. The Morgan fingerprint density at radius 2 is 2.38 bits per heavy atom. The van der Waals surface area contributed by atoms with Gasteiger partial charge in [-0.1, -0.05) is 6.07 Å². The Balaban J connectivity index is 1.97. The van der Waals surface area contributed by atoms with Crippen LogP contribution < -0.4 is 10.1 Å². The zero-order chi connectivity index (χ0) is 11.4. The van der Waals surface area contributed by atoms with Crippen molar-refractivity contribution in [2.75, 3.05) is 19.0 Å². The summed E-state index contributed by atoms with van der Waals surface area (Å²) in [6.07, 6.45) is 2.39. The molecule has 0 saturated carbocycles. The molecule has 0 spiro atoms. The lowest BCUT2D eigenvalue weighted by Crippen LogP contribution is -2.32.